The molecule has 0 saturated carbocycles. The van der Waals surface area contributed by atoms with Crippen molar-refractivity contribution in [2.24, 2.45) is 0 Å². The van der Waals surface area contributed by atoms with E-state index in [0.717, 1.165) is 50.3 Å². The molecule has 0 aliphatic carbocycles. The van der Waals surface area contributed by atoms with Crippen LogP contribution in [-0.2, 0) is 9.53 Å². The molecule has 1 spiro atoms. The van der Waals surface area contributed by atoms with Crippen LogP contribution in [0.25, 0.3) is 6.08 Å². The van der Waals surface area contributed by atoms with Gasteiger partial charge in [-0.05, 0) is 62.4 Å². The monoisotopic (exact) mass is 341 g/mol. The fraction of sp³-hybridized carbons (Fsp3) is 0.600. The maximum absolute atomic E-state index is 13.1. The van der Waals surface area contributed by atoms with Crippen LogP contribution in [0, 0.1) is 6.92 Å². The van der Waals surface area contributed by atoms with Gasteiger partial charge < -0.3 is 9.64 Å². The van der Waals surface area contributed by atoms with Gasteiger partial charge in [-0.15, -0.1) is 0 Å². The number of aryl methyl sites for hydroxylation is 1. The van der Waals surface area contributed by atoms with E-state index in [9.17, 15) is 4.79 Å². The molecule has 0 radical (unpaired) electrons. The summed E-state index contributed by atoms with van der Waals surface area (Å²) in [5.74, 6) is 0.134. The fourth-order valence-corrected chi connectivity index (χ4v) is 4.92. The van der Waals surface area contributed by atoms with Gasteiger partial charge in [0.25, 0.3) is 0 Å². The summed E-state index contributed by atoms with van der Waals surface area (Å²) in [6.07, 6.45) is 11.6. The number of carbonyl (C=O) groups is 1. The quantitative estimate of drug-likeness (QED) is 0.774. The Morgan fingerprint density at radius 3 is 2.92 bits per heavy atom. The normalized spacial score (nSPS) is 26.3. The van der Waals surface area contributed by atoms with E-state index in [0.29, 0.717) is 6.04 Å². The van der Waals surface area contributed by atoms with E-state index >= 15 is 0 Å². The molecule has 3 aliphatic heterocycles. The Hall–Kier alpha value is -1.72. The lowest BCUT2D eigenvalue weighted by molar-refractivity contribution is -0.149. The molecular weight excluding hydrogens is 314 g/mol. The van der Waals surface area contributed by atoms with Gasteiger partial charge in [-0.2, -0.15) is 0 Å². The third kappa shape index (κ3) is 3.11. The smallest absolute Gasteiger partial charge is 0.247 e. The molecule has 1 aromatic rings. The summed E-state index contributed by atoms with van der Waals surface area (Å²) in [4.78, 5) is 22.0. The lowest BCUT2D eigenvalue weighted by atomic mass is 9.77. The molecule has 0 bridgehead atoms. The molecule has 1 aromatic heterocycles. The highest BCUT2D eigenvalue weighted by Crippen LogP contribution is 2.41. The highest BCUT2D eigenvalue weighted by molar-refractivity contribution is 5.92. The molecule has 4 heterocycles. The van der Waals surface area contributed by atoms with E-state index in [4.69, 9.17) is 4.74 Å². The van der Waals surface area contributed by atoms with Crippen LogP contribution in [-0.4, -0.2) is 65.1 Å². The largest absolute Gasteiger partial charge is 0.381 e. The lowest BCUT2D eigenvalue weighted by Gasteiger charge is -2.55. The van der Waals surface area contributed by atoms with Crippen LogP contribution in [0.1, 0.15) is 36.8 Å². The first-order valence-corrected chi connectivity index (χ1v) is 9.42. The number of pyridine rings is 1. The van der Waals surface area contributed by atoms with Crippen LogP contribution < -0.4 is 0 Å². The second-order valence-electron chi connectivity index (χ2n) is 7.53. The van der Waals surface area contributed by atoms with Crippen molar-refractivity contribution in [3.05, 3.63) is 35.7 Å². The molecule has 1 atom stereocenters. The molecule has 5 heteroatoms. The molecule has 3 aliphatic rings. The van der Waals surface area contributed by atoms with Crippen molar-refractivity contribution in [1.82, 2.24) is 14.8 Å². The summed E-state index contributed by atoms with van der Waals surface area (Å²) in [6, 6.07) is 2.55. The zero-order valence-corrected chi connectivity index (χ0v) is 15.0. The van der Waals surface area contributed by atoms with Crippen LogP contribution in [0.15, 0.2) is 24.5 Å². The summed E-state index contributed by atoms with van der Waals surface area (Å²) in [6.45, 7) is 6.55. The molecule has 134 valence electrons. The highest BCUT2D eigenvalue weighted by atomic mass is 16.5. The van der Waals surface area contributed by atoms with Gasteiger partial charge >= 0.3 is 0 Å². The van der Waals surface area contributed by atoms with Crippen LogP contribution in [0.3, 0.4) is 0 Å². The van der Waals surface area contributed by atoms with Gasteiger partial charge in [-0.1, -0.05) is 0 Å². The third-order valence-electron chi connectivity index (χ3n) is 6.07. The van der Waals surface area contributed by atoms with Gasteiger partial charge in [0.1, 0.15) is 0 Å². The average molecular weight is 341 g/mol. The minimum atomic E-state index is -0.0424. The predicted molar refractivity (Wildman–Crippen MR) is 97.1 cm³/mol. The van der Waals surface area contributed by atoms with Crippen LogP contribution in [0.5, 0.6) is 0 Å². The number of carbonyl (C=O) groups excluding carboxylic acids is 1. The second-order valence-corrected chi connectivity index (χ2v) is 7.53. The number of fused-ring (bicyclic) bond motifs is 2. The zero-order valence-electron chi connectivity index (χ0n) is 15.0. The molecule has 3 saturated heterocycles. The molecule has 25 heavy (non-hydrogen) atoms. The Labute approximate surface area is 149 Å². The first-order valence-electron chi connectivity index (χ1n) is 9.42. The van der Waals surface area contributed by atoms with Crippen molar-refractivity contribution in [3.63, 3.8) is 0 Å². The Kier molecular flexibility index (Phi) is 4.61. The number of piperazine rings is 1. The Balaban J connectivity index is 1.57. The van der Waals surface area contributed by atoms with Crippen LogP contribution in [0.2, 0.25) is 0 Å². The van der Waals surface area contributed by atoms with E-state index in [1.54, 1.807) is 12.3 Å². The Bertz CT molecular complexity index is 667. The minimum Gasteiger partial charge on any atom is -0.381 e. The summed E-state index contributed by atoms with van der Waals surface area (Å²) < 4.78 is 5.63. The predicted octanol–water partition coefficient (Wildman–Crippen LogP) is 2.26. The van der Waals surface area contributed by atoms with Crippen molar-refractivity contribution in [2.45, 2.75) is 44.2 Å². The van der Waals surface area contributed by atoms with E-state index in [2.05, 4.69) is 20.9 Å². The van der Waals surface area contributed by atoms with Gasteiger partial charge in [-0.25, -0.2) is 0 Å². The molecule has 0 N–H and O–H groups in total. The number of aromatic nitrogens is 1. The van der Waals surface area contributed by atoms with Crippen molar-refractivity contribution in [1.29, 1.82) is 0 Å². The molecular formula is C20H27N3O2. The molecule has 1 unspecified atom stereocenters. The number of hydrogen-bond donors (Lipinski definition) is 0. The first-order chi connectivity index (χ1) is 12.2. The topological polar surface area (TPSA) is 45.7 Å². The van der Waals surface area contributed by atoms with Gasteiger partial charge in [-0.3, -0.25) is 14.7 Å². The van der Waals surface area contributed by atoms with E-state index in [1.807, 2.05) is 19.2 Å². The zero-order chi connectivity index (χ0) is 17.3. The number of hydrogen-bond acceptors (Lipinski definition) is 4. The molecule has 5 nitrogen and oxygen atoms in total. The molecule has 1 amide bonds. The van der Waals surface area contributed by atoms with Gasteiger partial charge in [0.05, 0.1) is 5.54 Å². The number of ether oxygens (including phenoxy) is 1. The lowest BCUT2D eigenvalue weighted by Crippen LogP contribution is -2.69. The standard InChI is InChI=1S/C20H27N3O2/c1-16-13-17(15-21-14-16)4-5-19(24)23-10-9-22-8-2-3-18(22)20(23)6-11-25-12-7-20/h4-5,13-15,18H,2-3,6-12H2,1H3. The van der Waals surface area contributed by atoms with Gasteiger partial charge in [0.2, 0.25) is 5.91 Å². The van der Waals surface area contributed by atoms with E-state index in [-0.39, 0.29) is 11.4 Å². The summed E-state index contributed by atoms with van der Waals surface area (Å²) >= 11 is 0. The van der Waals surface area contributed by atoms with E-state index < -0.39 is 0 Å². The third-order valence-corrected chi connectivity index (χ3v) is 6.07. The fourth-order valence-electron chi connectivity index (χ4n) is 4.92. The molecule has 0 aromatic carbocycles. The summed E-state index contributed by atoms with van der Waals surface area (Å²) in [5, 5.41) is 0. The van der Waals surface area contributed by atoms with Crippen molar-refractivity contribution in [2.75, 3.05) is 32.8 Å². The van der Waals surface area contributed by atoms with Crippen molar-refractivity contribution in [3.8, 4) is 0 Å². The van der Waals surface area contributed by atoms with Crippen LogP contribution >= 0.6 is 0 Å². The highest BCUT2D eigenvalue weighted by Gasteiger charge is 2.52. The Morgan fingerprint density at radius 2 is 2.12 bits per heavy atom. The molecule has 3 fully saturated rings. The van der Waals surface area contributed by atoms with Crippen molar-refractivity contribution < 1.29 is 9.53 Å². The summed E-state index contributed by atoms with van der Waals surface area (Å²) in [7, 11) is 0. The minimum absolute atomic E-state index is 0.0424. The number of nitrogens with zero attached hydrogens (tertiary/aromatic N) is 3. The van der Waals surface area contributed by atoms with Crippen molar-refractivity contribution >= 4 is 12.0 Å². The maximum Gasteiger partial charge on any atom is 0.247 e. The summed E-state index contributed by atoms with van der Waals surface area (Å²) in [5.41, 5.74) is 2.04. The number of amides is 1. The first kappa shape index (κ1) is 16.7. The van der Waals surface area contributed by atoms with Gasteiger partial charge in [0.15, 0.2) is 0 Å². The average Bonchev–Trinajstić information content (AvgIpc) is 3.11. The SMILES string of the molecule is Cc1cncc(C=CC(=O)N2CCN3CCCC3C23CCOCC3)c1. The maximum atomic E-state index is 13.1. The Morgan fingerprint density at radius 1 is 1.28 bits per heavy atom. The second kappa shape index (κ2) is 6.89. The molecule has 4 rings (SSSR count). The van der Waals surface area contributed by atoms with E-state index in [1.165, 1.54) is 19.4 Å². The van der Waals surface area contributed by atoms with Crippen LogP contribution in [0.4, 0.5) is 0 Å². The van der Waals surface area contributed by atoms with Gasteiger partial charge in [0, 0.05) is 50.8 Å². The number of rotatable bonds is 2.